The number of amides is 1. The molecule has 5 rings (SSSR count). The second-order valence-electron chi connectivity index (χ2n) is 8.72. The van der Waals surface area contributed by atoms with Gasteiger partial charge in [0.25, 0.3) is 0 Å². The number of fused-ring (bicyclic) bond motifs is 2. The van der Waals surface area contributed by atoms with Crippen LogP contribution in [-0.2, 0) is 21.5 Å². The number of pyridine rings is 1. The van der Waals surface area contributed by atoms with Gasteiger partial charge in [-0.15, -0.1) is 11.3 Å². The number of carbonyl (C=O) groups is 2. The number of nitrogen functional groups attached to an aromatic ring is 1. The van der Waals surface area contributed by atoms with Crippen molar-refractivity contribution in [2.75, 3.05) is 11.1 Å². The van der Waals surface area contributed by atoms with Crippen molar-refractivity contribution in [3.63, 3.8) is 0 Å². The van der Waals surface area contributed by atoms with E-state index in [1.54, 1.807) is 6.92 Å². The Hall–Kier alpha value is -4.28. The number of hydrogen-bond donors (Lipinski definition) is 2. The molecule has 1 atom stereocenters. The lowest BCUT2D eigenvalue weighted by atomic mass is 9.85. The summed E-state index contributed by atoms with van der Waals surface area (Å²) in [5.41, 5.74) is 5.07. The van der Waals surface area contributed by atoms with Crippen LogP contribution in [0.1, 0.15) is 30.8 Å². The molecule has 0 saturated heterocycles. The molecule has 3 N–H and O–H groups in total. The van der Waals surface area contributed by atoms with E-state index in [0.717, 1.165) is 16.0 Å². The molecule has 1 amide bonds. The number of aromatic nitrogens is 6. The first-order valence-electron chi connectivity index (χ1n) is 11.1. The molecule has 11 nitrogen and oxygen atoms in total. The van der Waals surface area contributed by atoms with Crippen LogP contribution in [0.4, 0.5) is 33.6 Å². The van der Waals surface area contributed by atoms with Crippen LogP contribution < -0.4 is 15.8 Å². The number of nitrogens with two attached hydrogens (primary N) is 1. The molecule has 39 heavy (non-hydrogen) atoms. The van der Waals surface area contributed by atoms with E-state index < -0.39 is 42.4 Å². The molecule has 1 aliphatic heterocycles. The van der Waals surface area contributed by atoms with E-state index in [9.17, 15) is 31.5 Å². The molecule has 0 aliphatic carbocycles. The average molecular weight is 568 g/mol. The van der Waals surface area contributed by atoms with E-state index in [1.807, 2.05) is 0 Å². The molecule has 1 aliphatic rings. The fourth-order valence-corrected chi connectivity index (χ4v) is 5.01. The minimum absolute atomic E-state index is 0.00157. The second kappa shape index (κ2) is 8.89. The van der Waals surface area contributed by atoms with E-state index in [2.05, 4.69) is 30.4 Å². The van der Waals surface area contributed by atoms with Crippen molar-refractivity contribution >= 4 is 45.9 Å². The molecule has 5 heterocycles. The van der Waals surface area contributed by atoms with Crippen LogP contribution in [0.25, 0.3) is 22.6 Å². The third-order valence-corrected chi connectivity index (χ3v) is 7.10. The molecular weight excluding hydrogens is 551 g/mol. The fraction of sp³-hybridized carbons (Fsp3) is 0.318. The van der Waals surface area contributed by atoms with Gasteiger partial charge in [-0.2, -0.15) is 27.1 Å². The number of esters is 1. The first kappa shape index (κ1) is 26.3. The molecule has 0 radical (unpaired) electrons. The molecule has 0 spiro atoms. The average Bonchev–Trinajstić information content (AvgIpc) is 3.52. The van der Waals surface area contributed by atoms with Gasteiger partial charge >= 0.3 is 18.1 Å². The van der Waals surface area contributed by atoms with Crippen LogP contribution in [0, 0.1) is 0 Å². The molecule has 4 aromatic rings. The first-order valence-corrected chi connectivity index (χ1v) is 12.0. The van der Waals surface area contributed by atoms with Crippen LogP contribution in [0.2, 0.25) is 0 Å². The number of halogens is 5. The van der Waals surface area contributed by atoms with Gasteiger partial charge in [-0.3, -0.25) is 9.59 Å². The van der Waals surface area contributed by atoms with E-state index in [4.69, 9.17) is 10.5 Å². The molecule has 0 saturated carbocycles. The highest BCUT2D eigenvalue weighted by Crippen LogP contribution is 2.46. The molecule has 17 heteroatoms. The summed E-state index contributed by atoms with van der Waals surface area (Å²) in [7, 11) is 0. The third kappa shape index (κ3) is 4.31. The number of thiazole rings is 1. The van der Waals surface area contributed by atoms with E-state index >= 15 is 0 Å². The SMILES string of the molecule is CC(=O)Oc1csc(C2(C)C(=O)Nc3nc(-c4nn(CCC(F)(F)C(F)(F)F)c5ncccc45)nc(N)c32)n1. The summed E-state index contributed by atoms with van der Waals surface area (Å²) in [5, 5.41) is 8.75. The van der Waals surface area contributed by atoms with E-state index in [0.29, 0.717) is 0 Å². The highest BCUT2D eigenvalue weighted by atomic mass is 32.1. The van der Waals surface area contributed by atoms with Crippen molar-refractivity contribution in [1.29, 1.82) is 0 Å². The summed E-state index contributed by atoms with van der Waals surface area (Å²) in [5.74, 6) is -6.28. The minimum atomic E-state index is -5.72. The second-order valence-corrected chi connectivity index (χ2v) is 9.58. The molecule has 0 aromatic carbocycles. The van der Waals surface area contributed by atoms with Gasteiger partial charge in [0.15, 0.2) is 11.5 Å². The number of hydrogen-bond acceptors (Lipinski definition) is 10. The van der Waals surface area contributed by atoms with Gasteiger partial charge in [0.1, 0.15) is 27.8 Å². The smallest absolute Gasteiger partial charge is 0.407 e. The lowest BCUT2D eigenvalue weighted by molar-refractivity contribution is -0.285. The number of nitrogens with one attached hydrogen (secondary N) is 1. The molecule has 0 bridgehead atoms. The first-order chi connectivity index (χ1) is 18.2. The number of anilines is 2. The Morgan fingerprint density at radius 2 is 1.97 bits per heavy atom. The van der Waals surface area contributed by atoms with Gasteiger partial charge in [0.2, 0.25) is 11.8 Å². The molecule has 204 valence electrons. The number of nitrogens with zero attached hydrogens (tertiary/aromatic N) is 6. The summed E-state index contributed by atoms with van der Waals surface area (Å²) in [6.45, 7) is 1.94. The summed E-state index contributed by atoms with van der Waals surface area (Å²) in [4.78, 5) is 41.3. The predicted octanol–water partition coefficient (Wildman–Crippen LogP) is 3.70. The Morgan fingerprint density at radius 1 is 1.23 bits per heavy atom. The zero-order valence-corrected chi connectivity index (χ0v) is 20.8. The number of alkyl halides is 5. The Labute approximate surface area is 219 Å². The Balaban J connectivity index is 1.55. The lowest BCUT2D eigenvalue weighted by Gasteiger charge is -2.19. The fourth-order valence-electron chi connectivity index (χ4n) is 4.12. The predicted molar refractivity (Wildman–Crippen MR) is 127 cm³/mol. The van der Waals surface area contributed by atoms with Gasteiger partial charge in [-0.05, 0) is 19.1 Å². The molecule has 1 unspecified atom stereocenters. The Morgan fingerprint density at radius 3 is 2.67 bits per heavy atom. The minimum Gasteiger partial charge on any atom is -0.407 e. The highest BCUT2D eigenvalue weighted by molar-refractivity contribution is 7.10. The van der Waals surface area contributed by atoms with E-state index in [-0.39, 0.29) is 50.6 Å². The van der Waals surface area contributed by atoms with Crippen LogP contribution in [0.3, 0.4) is 0 Å². The van der Waals surface area contributed by atoms with Crippen molar-refractivity contribution in [3.05, 3.63) is 34.3 Å². The lowest BCUT2D eigenvalue weighted by Crippen LogP contribution is -2.37. The van der Waals surface area contributed by atoms with Crippen LogP contribution >= 0.6 is 11.3 Å². The van der Waals surface area contributed by atoms with Gasteiger partial charge in [-0.25, -0.2) is 24.6 Å². The maximum absolute atomic E-state index is 13.6. The largest absolute Gasteiger partial charge is 0.453 e. The number of ether oxygens (including phenoxy) is 1. The summed E-state index contributed by atoms with van der Waals surface area (Å²) < 4.78 is 71.0. The summed E-state index contributed by atoms with van der Waals surface area (Å²) in [6.07, 6.45) is -5.95. The monoisotopic (exact) mass is 568 g/mol. The topological polar surface area (TPSA) is 151 Å². The van der Waals surface area contributed by atoms with Gasteiger partial charge in [0.05, 0.1) is 16.3 Å². The third-order valence-electron chi connectivity index (χ3n) is 6.05. The van der Waals surface area contributed by atoms with Crippen molar-refractivity contribution < 1.29 is 36.3 Å². The van der Waals surface area contributed by atoms with Gasteiger partial charge in [0, 0.05) is 26.1 Å². The molecule has 0 fully saturated rings. The maximum atomic E-state index is 13.6. The number of aryl methyl sites for hydroxylation is 1. The molecular formula is C22H17F5N8O3S. The summed E-state index contributed by atoms with van der Waals surface area (Å²) >= 11 is 1.05. The zero-order chi connectivity index (χ0) is 28.3. The van der Waals surface area contributed by atoms with Crippen LogP contribution in [0.15, 0.2) is 23.7 Å². The van der Waals surface area contributed by atoms with Gasteiger partial charge < -0.3 is 15.8 Å². The molecule has 4 aromatic heterocycles. The highest BCUT2D eigenvalue weighted by Gasteiger charge is 2.57. The van der Waals surface area contributed by atoms with E-state index in [1.165, 1.54) is 30.6 Å². The van der Waals surface area contributed by atoms with Crippen LogP contribution in [0.5, 0.6) is 5.88 Å². The Bertz CT molecular complexity index is 1640. The Kier molecular flexibility index (Phi) is 6.00. The van der Waals surface area contributed by atoms with Crippen molar-refractivity contribution in [1.82, 2.24) is 29.7 Å². The standard InChI is InChI=1S/C22H17F5N8O3S/c1-9(36)38-11-8-39-19(30-11)20(2)12-14(28)31-16(32-15(12)33-18(20)37)13-10-4-3-6-29-17(10)35(34-13)7-5-21(23,24)22(25,26)27/h3-4,6,8H,5,7H2,1-2H3,(H3,28,31,32,33,37). The zero-order valence-electron chi connectivity index (χ0n) is 20.0. The van der Waals surface area contributed by atoms with Gasteiger partial charge in [-0.1, -0.05) is 0 Å². The van der Waals surface area contributed by atoms with Crippen molar-refractivity contribution in [2.45, 2.75) is 44.3 Å². The van der Waals surface area contributed by atoms with Crippen molar-refractivity contribution in [2.24, 2.45) is 0 Å². The van der Waals surface area contributed by atoms with Crippen LogP contribution in [-0.4, -0.2) is 53.7 Å². The number of carbonyl (C=O) groups excluding carboxylic acids is 2. The van der Waals surface area contributed by atoms with Crippen molar-refractivity contribution in [3.8, 4) is 17.4 Å². The number of rotatable bonds is 6. The quantitative estimate of drug-likeness (QED) is 0.262. The maximum Gasteiger partial charge on any atom is 0.453 e. The normalized spacial score (nSPS) is 17.4. The summed E-state index contributed by atoms with van der Waals surface area (Å²) in [6, 6.07) is 3.03.